The summed E-state index contributed by atoms with van der Waals surface area (Å²) >= 11 is 0. The third-order valence-corrected chi connectivity index (χ3v) is 5.53. The lowest BCUT2D eigenvalue weighted by atomic mass is 9.86. The fraction of sp³-hybridized carbons (Fsp3) is 0.381. The van der Waals surface area contributed by atoms with Crippen LogP contribution in [0.2, 0.25) is 0 Å². The molecule has 2 atom stereocenters. The fourth-order valence-corrected chi connectivity index (χ4v) is 4.15. The smallest absolute Gasteiger partial charge is 0.336 e. The number of benzene rings is 2. The number of quaternary nitrogens is 1. The molecule has 1 aliphatic carbocycles. The normalized spacial score (nSPS) is 21.4. The molecule has 3 heteroatoms. The molecule has 0 spiro atoms. The zero-order valence-electron chi connectivity index (χ0n) is 14.1. The summed E-state index contributed by atoms with van der Waals surface area (Å²) in [6.07, 6.45) is 5.28. The maximum atomic E-state index is 12.0. The molecule has 4 rings (SSSR count). The topological polar surface area (TPSA) is 46.8 Å². The van der Waals surface area contributed by atoms with Crippen LogP contribution in [0, 0.1) is 5.92 Å². The Bertz CT molecular complexity index is 928. The lowest BCUT2D eigenvalue weighted by Crippen LogP contribution is -2.90. The van der Waals surface area contributed by atoms with Gasteiger partial charge in [0.25, 0.3) is 0 Å². The Labute approximate surface area is 141 Å². The predicted molar refractivity (Wildman–Crippen MR) is 97.0 cm³/mol. The van der Waals surface area contributed by atoms with Crippen molar-refractivity contribution in [2.45, 2.75) is 45.2 Å². The van der Waals surface area contributed by atoms with Crippen LogP contribution in [0.3, 0.4) is 0 Å². The predicted octanol–water partition coefficient (Wildman–Crippen LogP) is 3.59. The number of rotatable bonds is 3. The molecule has 3 nitrogen and oxygen atoms in total. The standard InChI is InChI=1S/C21H23NO2/c1-14-6-2-5-9-18(14)22-13-16-12-20(23)24-19-11-10-15-7-3-4-8-17(15)21(16)19/h3-4,7-8,10-12,14,18,22H,2,5-6,9,13H2,1H3/p+1/t14-,18+/m1/s1. The second-order valence-corrected chi connectivity index (χ2v) is 7.12. The molecule has 0 saturated heterocycles. The zero-order valence-corrected chi connectivity index (χ0v) is 14.1. The van der Waals surface area contributed by atoms with Crippen molar-refractivity contribution in [3.05, 3.63) is 58.4 Å². The molecule has 0 amide bonds. The highest BCUT2D eigenvalue weighted by Gasteiger charge is 2.24. The van der Waals surface area contributed by atoms with Crippen LogP contribution in [0.15, 0.2) is 51.7 Å². The quantitative estimate of drug-likeness (QED) is 0.592. The molecule has 1 saturated carbocycles. The van der Waals surface area contributed by atoms with E-state index < -0.39 is 0 Å². The van der Waals surface area contributed by atoms with Crippen LogP contribution in [0.25, 0.3) is 21.7 Å². The molecule has 1 heterocycles. The van der Waals surface area contributed by atoms with E-state index in [2.05, 4.69) is 24.4 Å². The van der Waals surface area contributed by atoms with E-state index in [1.165, 1.54) is 36.5 Å². The first-order chi connectivity index (χ1) is 11.7. The average Bonchev–Trinajstić information content (AvgIpc) is 2.60. The van der Waals surface area contributed by atoms with E-state index in [0.29, 0.717) is 11.6 Å². The van der Waals surface area contributed by atoms with E-state index in [0.717, 1.165) is 23.4 Å². The molecule has 1 fully saturated rings. The molecule has 0 aliphatic heterocycles. The molecule has 124 valence electrons. The van der Waals surface area contributed by atoms with E-state index in [1.807, 2.05) is 24.3 Å². The van der Waals surface area contributed by atoms with Gasteiger partial charge in [-0.15, -0.1) is 0 Å². The van der Waals surface area contributed by atoms with Gasteiger partial charge in [0.05, 0.1) is 6.04 Å². The summed E-state index contributed by atoms with van der Waals surface area (Å²) in [5.41, 5.74) is 1.54. The van der Waals surface area contributed by atoms with Crippen LogP contribution in [0.4, 0.5) is 0 Å². The lowest BCUT2D eigenvalue weighted by Gasteiger charge is -2.26. The van der Waals surface area contributed by atoms with Gasteiger partial charge < -0.3 is 9.73 Å². The minimum atomic E-state index is -0.252. The van der Waals surface area contributed by atoms with Crippen LogP contribution in [-0.2, 0) is 6.54 Å². The summed E-state index contributed by atoms with van der Waals surface area (Å²) in [5, 5.41) is 5.87. The van der Waals surface area contributed by atoms with Crippen LogP contribution >= 0.6 is 0 Å². The summed E-state index contributed by atoms with van der Waals surface area (Å²) in [7, 11) is 0. The van der Waals surface area contributed by atoms with Crippen molar-refractivity contribution >= 4 is 21.7 Å². The highest BCUT2D eigenvalue weighted by molar-refractivity contribution is 6.06. The zero-order chi connectivity index (χ0) is 16.5. The molecular weight excluding hydrogens is 298 g/mol. The lowest BCUT2D eigenvalue weighted by molar-refractivity contribution is -0.712. The van der Waals surface area contributed by atoms with Gasteiger partial charge in [-0.1, -0.05) is 43.7 Å². The molecule has 3 aromatic rings. The van der Waals surface area contributed by atoms with Crippen molar-refractivity contribution < 1.29 is 9.73 Å². The van der Waals surface area contributed by atoms with E-state index in [1.54, 1.807) is 6.07 Å². The van der Waals surface area contributed by atoms with Gasteiger partial charge in [-0.25, -0.2) is 4.79 Å². The van der Waals surface area contributed by atoms with Crippen molar-refractivity contribution in [2.24, 2.45) is 5.92 Å². The SMILES string of the molecule is C[C@@H]1CCCC[C@@H]1[NH2+]Cc1cc(=O)oc2ccc3ccccc3c12. The molecule has 1 aliphatic rings. The second kappa shape index (κ2) is 6.40. The van der Waals surface area contributed by atoms with Crippen molar-refractivity contribution in [3.8, 4) is 0 Å². The van der Waals surface area contributed by atoms with Crippen LogP contribution in [-0.4, -0.2) is 6.04 Å². The summed E-state index contributed by atoms with van der Waals surface area (Å²) < 4.78 is 5.45. The average molecular weight is 322 g/mol. The van der Waals surface area contributed by atoms with Gasteiger partial charge in [-0.2, -0.15) is 0 Å². The Balaban J connectivity index is 1.76. The molecule has 1 aromatic heterocycles. The Hall–Kier alpha value is -2.13. The number of hydrogen-bond donors (Lipinski definition) is 1. The van der Waals surface area contributed by atoms with Crippen molar-refractivity contribution in [1.29, 1.82) is 0 Å². The summed E-state index contributed by atoms with van der Waals surface area (Å²) in [5.74, 6) is 0.752. The van der Waals surface area contributed by atoms with Crippen LogP contribution in [0.5, 0.6) is 0 Å². The second-order valence-electron chi connectivity index (χ2n) is 7.12. The maximum Gasteiger partial charge on any atom is 0.336 e. The molecular formula is C21H24NO2+. The third-order valence-electron chi connectivity index (χ3n) is 5.53. The number of nitrogens with two attached hydrogens (primary N) is 1. The van der Waals surface area contributed by atoms with Gasteiger partial charge >= 0.3 is 5.63 Å². The van der Waals surface area contributed by atoms with E-state index in [4.69, 9.17) is 4.42 Å². The molecule has 2 N–H and O–H groups in total. The van der Waals surface area contributed by atoms with E-state index in [-0.39, 0.29) is 5.63 Å². The van der Waals surface area contributed by atoms with Crippen LogP contribution in [0.1, 0.15) is 38.2 Å². The Morgan fingerprint density at radius 1 is 1.12 bits per heavy atom. The van der Waals surface area contributed by atoms with E-state index in [9.17, 15) is 4.79 Å². The number of fused-ring (bicyclic) bond motifs is 3. The maximum absolute atomic E-state index is 12.0. The van der Waals surface area contributed by atoms with Crippen LogP contribution < -0.4 is 10.9 Å². The Kier molecular flexibility index (Phi) is 4.11. The van der Waals surface area contributed by atoms with Crippen molar-refractivity contribution in [2.75, 3.05) is 0 Å². The molecule has 2 aromatic carbocycles. The van der Waals surface area contributed by atoms with Crippen molar-refractivity contribution in [3.63, 3.8) is 0 Å². The largest absolute Gasteiger partial charge is 0.423 e. The van der Waals surface area contributed by atoms with Gasteiger partial charge in [0.2, 0.25) is 0 Å². The molecule has 0 bridgehead atoms. The fourth-order valence-electron chi connectivity index (χ4n) is 4.15. The first kappa shape index (κ1) is 15.4. The monoisotopic (exact) mass is 322 g/mol. The van der Waals surface area contributed by atoms with Gasteiger partial charge in [0.1, 0.15) is 12.1 Å². The summed E-state index contributed by atoms with van der Waals surface area (Å²) in [6, 6.07) is 14.6. The first-order valence-electron chi connectivity index (χ1n) is 9.00. The Morgan fingerprint density at radius 2 is 1.96 bits per heavy atom. The Morgan fingerprint density at radius 3 is 2.83 bits per heavy atom. The number of hydrogen-bond acceptors (Lipinski definition) is 2. The molecule has 0 unspecified atom stereocenters. The van der Waals surface area contributed by atoms with Gasteiger partial charge in [-0.05, 0) is 36.1 Å². The van der Waals surface area contributed by atoms with Gasteiger partial charge in [0.15, 0.2) is 0 Å². The minimum Gasteiger partial charge on any atom is -0.423 e. The van der Waals surface area contributed by atoms with Gasteiger partial charge in [-0.3, -0.25) is 0 Å². The molecule has 0 radical (unpaired) electrons. The van der Waals surface area contributed by atoms with Crippen molar-refractivity contribution in [1.82, 2.24) is 0 Å². The van der Waals surface area contributed by atoms with Gasteiger partial charge in [0, 0.05) is 22.9 Å². The molecule has 24 heavy (non-hydrogen) atoms. The highest BCUT2D eigenvalue weighted by atomic mass is 16.4. The highest BCUT2D eigenvalue weighted by Crippen LogP contribution is 2.27. The van der Waals surface area contributed by atoms with E-state index >= 15 is 0 Å². The first-order valence-corrected chi connectivity index (χ1v) is 9.00. The third kappa shape index (κ3) is 2.84. The summed E-state index contributed by atoms with van der Waals surface area (Å²) in [6.45, 7) is 3.19. The summed E-state index contributed by atoms with van der Waals surface area (Å²) in [4.78, 5) is 12.0. The minimum absolute atomic E-state index is 0.252.